The third-order valence-corrected chi connectivity index (χ3v) is 4.46. The number of aryl methyl sites for hydroxylation is 1. The van der Waals surface area contributed by atoms with Gasteiger partial charge in [-0.15, -0.1) is 0 Å². The molecule has 1 fully saturated rings. The molecule has 1 amide bonds. The van der Waals surface area contributed by atoms with Gasteiger partial charge in [0.05, 0.1) is 10.2 Å². The first-order valence-corrected chi connectivity index (χ1v) is 7.31. The molecule has 100 valence electrons. The maximum Gasteiger partial charge on any atom is 0.222 e. The summed E-state index contributed by atoms with van der Waals surface area (Å²) in [5.41, 5.74) is 2.28. The monoisotopic (exact) mass is 275 g/mol. The highest BCUT2D eigenvalue weighted by Gasteiger charge is 2.23. The molecule has 0 bridgehead atoms. The number of aromatic nitrogens is 1. The number of hydrogen-bond acceptors (Lipinski definition) is 4. The fourth-order valence-corrected chi connectivity index (χ4v) is 3.33. The van der Waals surface area contributed by atoms with E-state index in [1.54, 1.807) is 16.2 Å². The standard InChI is InChI=1S/C14H17N3OS/c1-9-3-5-12-11(7-9)16-14(19-12)15-10-4-6-13(18)17(2)8-10/h3,5,7,10H,4,6,8H2,1-2H3,(H,15,16). The third kappa shape index (κ3) is 2.56. The van der Waals surface area contributed by atoms with Crippen LogP contribution in [0.1, 0.15) is 18.4 Å². The molecule has 5 heteroatoms. The van der Waals surface area contributed by atoms with E-state index < -0.39 is 0 Å². The van der Waals surface area contributed by atoms with E-state index in [-0.39, 0.29) is 5.91 Å². The Kier molecular flexibility index (Phi) is 3.14. The van der Waals surface area contributed by atoms with Crippen LogP contribution in [0.2, 0.25) is 0 Å². The van der Waals surface area contributed by atoms with Crippen LogP contribution < -0.4 is 5.32 Å². The first-order valence-electron chi connectivity index (χ1n) is 6.49. The Labute approximate surface area is 116 Å². The molecule has 2 aromatic rings. The minimum absolute atomic E-state index is 0.234. The minimum atomic E-state index is 0.234. The van der Waals surface area contributed by atoms with E-state index >= 15 is 0 Å². The van der Waals surface area contributed by atoms with Crippen molar-refractivity contribution >= 4 is 32.6 Å². The fourth-order valence-electron chi connectivity index (χ4n) is 2.40. The smallest absolute Gasteiger partial charge is 0.222 e. The lowest BCUT2D eigenvalue weighted by Crippen LogP contribution is -2.43. The molecule has 0 aliphatic carbocycles. The fraction of sp³-hybridized carbons (Fsp3) is 0.429. The van der Waals surface area contributed by atoms with Gasteiger partial charge in [-0.05, 0) is 31.0 Å². The molecule has 4 nitrogen and oxygen atoms in total. The van der Waals surface area contributed by atoms with Crippen LogP contribution in [0, 0.1) is 6.92 Å². The van der Waals surface area contributed by atoms with Crippen molar-refractivity contribution in [1.82, 2.24) is 9.88 Å². The molecule has 1 aromatic heterocycles. The summed E-state index contributed by atoms with van der Waals surface area (Å²) in [4.78, 5) is 17.9. The second-order valence-corrected chi connectivity index (χ2v) is 6.18. The highest BCUT2D eigenvalue weighted by molar-refractivity contribution is 7.22. The molecule has 19 heavy (non-hydrogen) atoms. The van der Waals surface area contributed by atoms with Crippen LogP contribution in [0.5, 0.6) is 0 Å². The average Bonchev–Trinajstić information content (AvgIpc) is 2.75. The maximum atomic E-state index is 11.5. The zero-order chi connectivity index (χ0) is 13.4. The van der Waals surface area contributed by atoms with Crippen molar-refractivity contribution in [2.45, 2.75) is 25.8 Å². The zero-order valence-electron chi connectivity index (χ0n) is 11.1. The Morgan fingerprint density at radius 1 is 1.47 bits per heavy atom. The molecular weight excluding hydrogens is 258 g/mol. The van der Waals surface area contributed by atoms with Crippen LogP contribution in [0.15, 0.2) is 18.2 Å². The SMILES string of the molecule is Cc1ccc2sc(NC3CCC(=O)N(C)C3)nc2c1. The average molecular weight is 275 g/mol. The molecule has 0 saturated carbocycles. The molecule has 1 aliphatic heterocycles. The highest BCUT2D eigenvalue weighted by atomic mass is 32.1. The number of likely N-dealkylation sites (N-methyl/N-ethyl adjacent to an activating group) is 1. The normalized spacial score (nSPS) is 20.0. The third-order valence-electron chi connectivity index (χ3n) is 3.50. The number of thiazole rings is 1. The van der Waals surface area contributed by atoms with E-state index in [2.05, 4.69) is 35.4 Å². The van der Waals surface area contributed by atoms with E-state index in [1.807, 2.05) is 7.05 Å². The lowest BCUT2D eigenvalue weighted by atomic mass is 10.1. The van der Waals surface area contributed by atoms with Crippen molar-refractivity contribution in [2.24, 2.45) is 0 Å². The van der Waals surface area contributed by atoms with Gasteiger partial charge in [0.1, 0.15) is 0 Å². The zero-order valence-corrected chi connectivity index (χ0v) is 12.0. The second-order valence-electron chi connectivity index (χ2n) is 5.14. The number of hydrogen-bond donors (Lipinski definition) is 1. The number of fused-ring (bicyclic) bond motifs is 1. The van der Waals surface area contributed by atoms with Crippen LogP contribution in [-0.2, 0) is 4.79 Å². The molecule has 3 rings (SSSR count). The topological polar surface area (TPSA) is 45.2 Å². The van der Waals surface area contributed by atoms with Crippen molar-refractivity contribution in [1.29, 1.82) is 0 Å². The van der Waals surface area contributed by atoms with Crippen LogP contribution in [0.4, 0.5) is 5.13 Å². The van der Waals surface area contributed by atoms with Gasteiger partial charge in [0.15, 0.2) is 5.13 Å². The van der Waals surface area contributed by atoms with Crippen LogP contribution in [-0.4, -0.2) is 35.4 Å². The van der Waals surface area contributed by atoms with Crippen molar-refractivity contribution in [3.8, 4) is 0 Å². The van der Waals surface area contributed by atoms with Gasteiger partial charge >= 0.3 is 0 Å². The number of benzene rings is 1. The predicted octanol–water partition coefficient (Wildman–Crippen LogP) is 2.64. The van der Waals surface area contributed by atoms with E-state index in [0.29, 0.717) is 12.5 Å². The van der Waals surface area contributed by atoms with Crippen molar-refractivity contribution in [3.05, 3.63) is 23.8 Å². The number of likely N-dealkylation sites (tertiary alicyclic amines) is 1. The number of nitrogens with zero attached hydrogens (tertiary/aromatic N) is 2. The van der Waals surface area contributed by atoms with Gasteiger partial charge in [-0.3, -0.25) is 4.79 Å². The number of piperidine rings is 1. The summed E-state index contributed by atoms with van der Waals surface area (Å²) in [6.45, 7) is 2.83. The van der Waals surface area contributed by atoms with Gasteiger partial charge in [0.25, 0.3) is 0 Å². The summed E-state index contributed by atoms with van der Waals surface area (Å²) in [5, 5.41) is 4.41. The largest absolute Gasteiger partial charge is 0.357 e. The number of anilines is 1. The second kappa shape index (κ2) is 4.81. The first kappa shape index (κ1) is 12.4. The molecular formula is C14H17N3OS. The molecule has 1 atom stereocenters. The summed E-state index contributed by atoms with van der Waals surface area (Å²) < 4.78 is 1.20. The Hall–Kier alpha value is -1.62. The van der Waals surface area contributed by atoms with Gasteiger partial charge in [0, 0.05) is 26.1 Å². The van der Waals surface area contributed by atoms with Crippen molar-refractivity contribution < 1.29 is 4.79 Å². The predicted molar refractivity (Wildman–Crippen MR) is 78.6 cm³/mol. The summed E-state index contributed by atoms with van der Waals surface area (Å²) in [7, 11) is 1.86. The molecule has 1 saturated heterocycles. The number of nitrogens with one attached hydrogen (secondary N) is 1. The number of rotatable bonds is 2. The van der Waals surface area contributed by atoms with Gasteiger partial charge < -0.3 is 10.2 Å². The minimum Gasteiger partial charge on any atom is -0.357 e. The Bertz CT molecular complexity index is 622. The van der Waals surface area contributed by atoms with E-state index in [1.165, 1.54) is 10.3 Å². The Morgan fingerprint density at radius 2 is 2.32 bits per heavy atom. The Morgan fingerprint density at radius 3 is 3.11 bits per heavy atom. The summed E-state index contributed by atoms with van der Waals surface area (Å²) in [6.07, 6.45) is 1.51. The van der Waals surface area contributed by atoms with Gasteiger partial charge in [-0.2, -0.15) is 0 Å². The molecule has 1 N–H and O–H groups in total. The van der Waals surface area contributed by atoms with Gasteiger partial charge in [-0.25, -0.2) is 4.98 Å². The lowest BCUT2D eigenvalue weighted by molar-refractivity contribution is -0.132. The lowest BCUT2D eigenvalue weighted by Gasteiger charge is -2.29. The summed E-state index contributed by atoms with van der Waals surface area (Å²) in [5.74, 6) is 0.234. The molecule has 0 spiro atoms. The number of carbonyl (C=O) groups excluding carboxylic acids is 1. The molecule has 1 unspecified atom stereocenters. The first-order chi connectivity index (χ1) is 9.11. The van der Waals surface area contributed by atoms with Crippen molar-refractivity contribution in [2.75, 3.05) is 18.9 Å². The Balaban J connectivity index is 1.76. The maximum absolute atomic E-state index is 11.5. The van der Waals surface area contributed by atoms with E-state index in [0.717, 1.165) is 23.6 Å². The number of carbonyl (C=O) groups is 1. The van der Waals surface area contributed by atoms with Crippen molar-refractivity contribution in [3.63, 3.8) is 0 Å². The quantitative estimate of drug-likeness (QED) is 0.916. The van der Waals surface area contributed by atoms with Crippen LogP contribution in [0.3, 0.4) is 0 Å². The van der Waals surface area contributed by atoms with Crippen LogP contribution >= 0.6 is 11.3 Å². The molecule has 2 heterocycles. The van der Waals surface area contributed by atoms with Crippen LogP contribution in [0.25, 0.3) is 10.2 Å². The van der Waals surface area contributed by atoms with Gasteiger partial charge in [-0.1, -0.05) is 17.4 Å². The molecule has 1 aliphatic rings. The van der Waals surface area contributed by atoms with Gasteiger partial charge in [0.2, 0.25) is 5.91 Å². The summed E-state index contributed by atoms with van der Waals surface area (Å²) >= 11 is 1.68. The van der Waals surface area contributed by atoms with E-state index in [9.17, 15) is 4.79 Å². The molecule has 0 radical (unpaired) electrons. The summed E-state index contributed by atoms with van der Waals surface area (Å²) in [6, 6.07) is 6.64. The van der Waals surface area contributed by atoms with E-state index in [4.69, 9.17) is 0 Å². The molecule has 1 aromatic carbocycles. The highest BCUT2D eigenvalue weighted by Crippen LogP contribution is 2.28. The number of amides is 1.